The average Bonchev–Trinajstić information content (AvgIpc) is 3.00. The number of hydrogen-bond donors (Lipinski definition) is 1. The van der Waals surface area contributed by atoms with Gasteiger partial charge in [-0.1, -0.05) is 12.1 Å². The number of esters is 1. The summed E-state index contributed by atoms with van der Waals surface area (Å²) in [5, 5.41) is 7.38. The Kier molecular flexibility index (Phi) is 3.41. The van der Waals surface area contributed by atoms with E-state index in [4.69, 9.17) is 4.74 Å². The number of aromatic amines is 1. The quantitative estimate of drug-likeness (QED) is 0.737. The van der Waals surface area contributed by atoms with Gasteiger partial charge in [-0.05, 0) is 23.8 Å². The van der Waals surface area contributed by atoms with E-state index in [1.807, 2.05) is 24.3 Å². The molecule has 0 amide bonds. The van der Waals surface area contributed by atoms with Gasteiger partial charge in [0, 0.05) is 24.2 Å². The molecule has 0 spiro atoms. The predicted octanol–water partition coefficient (Wildman–Crippen LogP) is 2.36. The molecule has 5 nitrogen and oxygen atoms in total. The van der Waals surface area contributed by atoms with Crippen molar-refractivity contribution in [2.75, 3.05) is 6.61 Å². The number of fused-ring (bicyclic) bond motifs is 1. The van der Waals surface area contributed by atoms with Crippen LogP contribution in [0.4, 0.5) is 0 Å². The van der Waals surface area contributed by atoms with E-state index in [1.54, 1.807) is 24.7 Å². The summed E-state index contributed by atoms with van der Waals surface area (Å²) in [6.07, 6.45) is 5.85. The van der Waals surface area contributed by atoms with Gasteiger partial charge in [0.1, 0.15) is 0 Å². The number of nitrogens with zero attached hydrogens (tertiary/aromatic N) is 2. The molecule has 3 aromatic rings. The lowest BCUT2D eigenvalue weighted by Gasteiger charge is -2.06. The van der Waals surface area contributed by atoms with Crippen LogP contribution in [0.3, 0.4) is 0 Å². The van der Waals surface area contributed by atoms with Crippen molar-refractivity contribution in [3.8, 4) is 0 Å². The van der Waals surface area contributed by atoms with Crippen molar-refractivity contribution in [1.82, 2.24) is 15.2 Å². The molecule has 0 saturated heterocycles. The number of aromatic nitrogens is 3. The van der Waals surface area contributed by atoms with Crippen LogP contribution in [0.25, 0.3) is 10.9 Å². The molecule has 0 aliphatic carbocycles. The number of rotatable bonds is 4. The summed E-state index contributed by atoms with van der Waals surface area (Å²) >= 11 is 0. The third-order valence-electron chi connectivity index (χ3n) is 3.04. The molecule has 2 heterocycles. The van der Waals surface area contributed by atoms with Gasteiger partial charge in [0.2, 0.25) is 0 Å². The number of benzene rings is 1. The highest BCUT2D eigenvalue weighted by Gasteiger charge is 2.11. The second-order valence-corrected chi connectivity index (χ2v) is 4.37. The van der Waals surface area contributed by atoms with E-state index in [-0.39, 0.29) is 5.97 Å². The normalized spacial score (nSPS) is 10.6. The Balaban J connectivity index is 1.72. The first-order valence-corrected chi connectivity index (χ1v) is 6.33. The van der Waals surface area contributed by atoms with Crippen molar-refractivity contribution in [1.29, 1.82) is 0 Å². The number of carbonyl (C=O) groups is 1. The zero-order chi connectivity index (χ0) is 13.8. The van der Waals surface area contributed by atoms with Gasteiger partial charge in [0.25, 0.3) is 0 Å². The number of nitrogens with one attached hydrogen (secondary N) is 1. The zero-order valence-corrected chi connectivity index (χ0v) is 10.7. The summed E-state index contributed by atoms with van der Waals surface area (Å²) < 4.78 is 5.30. The summed E-state index contributed by atoms with van der Waals surface area (Å²) in [5.41, 5.74) is 2.34. The van der Waals surface area contributed by atoms with Crippen molar-refractivity contribution in [3.63, 3.8) is 0 Å². The number of ether oxygens (including phenoxy) is 1. The van der Waals surface area contributed by atoms with Gasteiger partial charge in [-0.25, -0.2) is 4.79 Å². The molecule has 0 aliphatic rings. The van der Waals surface area contributed by atoms with Crippen molar-refractivity contribution in [3.05, 3.63) is 60.0 Å². The number of hydrogen-bond acceptors (Lipinski definition) is 4. The van der Waals surface area contributed by atoms with Crippen molar-refractivity contribution in [2.45, 2.75) is 6.42 Å². The van der Waals surface area contributed by atoms with E-state index in [1.165, 1.54) is 0 Å². The lowest BCUT2D eigenvalue weighted by molar-refractivity contribution is 0.0511. The molecule has 100 valence electrons. The van der Waals surface area contributed by atoms with Gasteiger partial charge in [0.15, 0.2) is 0 Å². The van der Waals surface area contributed by atoms with Crippen molar-refractivity contribution < 1.29 is 9.53 Å². The molecule has 1 N–H and O–H groups in total. The van der Waals surface area contributed by atoms with Gasteiger partial charge < -0.3 is 4.74 Å². The monoisotopic (exact) mass is 267 g/mol. The Morgan fingerprint density at radius 1 is 1.25 bits per heavy atom. The summed E-state index contributed by atoms with van der Waals surface area (Å²) in [6.45, 7) is 0.328. The van der Waals surface area contributed by atoms with Crippen LogP contribution in [-0.2, 0) is 11.2 Å². The molecular formula is C15H13N3O2. The highest BCUT2D eigenvalue weighted by atomic mass is 16.5. The molecule has 0 unspecified atom stereocenters. The predicted molar refractivity (Wildman–Crippen MR) is 74.3 cm³/mol. The van der Waals surface area contributed by atoms with Crippen LogP contribution in [-0.4, -0.2) is 27.8 Å². The Morgan fingerprint density at radius 3 is 3.05 bits per heavy atom. The summed E-state index contributed by atoms with van der Waals surface area (Å²) in [5.74, 6) is -0.327. The van der Waals surface area contributed by atoms with Gasteiger partial charge in [-0.15, -0.1) is 0 Å². The maximum absolute atomic E-state index is 12.1. The maximum Gasteiger partial charge on any atom is 0.338 e. The van der Waals surface area contributed by atoms with Gasteiger partial charge in [-0.2, -0.15) is 5.10 Å². The van der Waals surface area contributed by atoms with Crippen molar-refractivity contribution >= 4 is 16.9 Å². The van der Waals surface area contributed by atoms with Crippen LogP contribution >= 0.6 is 0 Å². The Labute approximate surface area is 115 Å². The second kappa shape index (κ2) is 5.52. The molecule has 5 heteroatoms. The number of pyridine rings is 1. The van der Waals surface area contributed by atoms with E-state index in [9.17, 15) is 4.79 Å². The Bertz CT molecular complexity index is 718. The van der Waals surface area contributed by atoms with Gasteiger partial charge >= 0.3 is 5.97 Å². The van der Waals surface area contributed by atoms with E-state index >= 15 is 0 Å². The molecular weight excluding hydrogens is 254 g/mol. The molecule has 2 aromatic heterocycles. The molecule has 3 rings (SSSR count). The SMILES string of the molecule is O=C(OCCc1cn[nH]c1)c1cccc2ncccc12. The lowest BCUT2D eigenvalue weighted by atomic mass is 10.1. The first-order valence-electron chi connectivity index (χ1n) is 6.33. The molecule has 0 radical (unpaired) electrons. The first kappa shape index (κ1) is 12.3. The van der Waals surface area contributed by atoms with E-state index in [0.29, 0.717) is 18.6 Å². The van der Waals surface area contributed by atoms with Crippen LogP contribution in [0, 0.1) is 0 Å². The number of carbonyl (C=O) groups excluding carboxylic acids is 1. The van der Waals surface area contributed by atoms with Gasteiger partial charge in [-0.3, -0.25) is 10.1 Å². The number of H-pyrrole nitrogens is 1. The Morgan fingerprint density at radius 2 is 2.20 bits per heavy atom. The van der Waals surface area contributed by atoms with Gasteiger partial charge in [0.05, 0.1) is 23.9 Å². The third-order valence-corrected chi connectivity index (χ3v) is 3.04. The molecule has 0 atom stereocenters. The lowest BCUT2D eigenvalue weighted by Crippen LogP contribution is -2.08. The largest absolute Gasteiger partial charge is 0.462 e. The summed E-state index contributed by atoms with van der Waals surface area (Å²) in [4.78, 5) is 16.3. The minimum atomic E-state index is -0.327. The van der Waals surface area contributed by atoms with E-state index < -0.39 is 0 Å². The molecule has 0 aliphatic heterocycles. The topological polar surface area (TPSA) is 67.9 Å². The zero-order valence-electron chi connectivity index (χ0n) is 10.7. The molecule has 20 heavy (non-hydrogen) atoms. The minimum Gasteiger partial charge on any atom is -0.462 e. The van der Waals surface area contributed by atoms with Crippen LogP contribution < -0.4 is 0 Å². The molecule has 0 fully saturated rings. The van der Waals surface area contributed by atoms with Crippen molar-refractivity contribution in [2.24, 2.45) is 0 Å². The standard InChI is InChI=1S/C15H13N3O2/c19-15(20-8-6-11-9-17-18-10-11)13-3-1-5-14-12(13)4-2-7-16-14/h1-5,7,9-10H,6,8H2,(H,17,18). The van der Waals surface area contributed by atoms with E-state index in [2.05, 4.69) is 15.2 Å². The highest BCUT2D eigenvalue weighted by molar-refractivity contribution is 6.03. The minimum absolute atomic E-state index is 0.327. The maximum atomic E-state index is 12.1. The fraction of sp³-hybridized carbons (Fsp3) is 0.133. The van der Waals surface area contributed by atoms with Crippen LogP contribution in [0.5, 0.6) is 0 Å². The third kappa shape index (κ3) is 2.51. The fourth-order valence-corrected chi connectivity index (χ4v) is 2.04. The summed E-state index contributed by atoms with van der Waals surface area (Å²) in [7, 11) is 0. The highest BCUT2D eigenvalue weighted by Crippen LogP contribution is 2.17. The molecule has 0 bridgehead atoms. The fourth-order valence-electron chi connectivity index (χ4n) is 2.04. The second-order valence-electron chi connectivity index (χ2n) is 4.37. The van der Waals surface area contributed by atoms with Crippen LogP contribution in [0.15, 0.2) is 48.9 Å². The molecule has 1 aromatic carbocycles. The summed E-state index contributed by atoms with van der Waals surface area (Å²) in [6, 6.07) is 9.11. The van der Waals surface area contributed by atoms with Crippen LogP contribution in [0.2, 0.25) is 0 Å². The first-order chi connectivity index (χ1) is 9.84. The average molecular weight is 267 g/mol. The smallest absolute Gasteiger partial charge is 0.338 e. The molecule has 0 saturated carbocycles. The van der Waals surface area contributed by atoms with E-state index in [0.717, 1.165) is 16.5 Å². The van der Waals surface area contributed by atoms with Crippen LogP contribution in [0.1, 0.15) is 15.9 Å². The Hall–Kier alpha value is -2.69.